The van der Waals surface area contributed by atoms with Crippen molar-refractivity contribution in [2.75, 3.05) is 0 Å². The van der Waals surface area contributed by atoms with Gasteiger partial charge in [-0.25, -0.2) is 4.98 Å². The number of aromatic nitrogens is 1. The summed E-state index contributed by atoms with van der Waals surface area (Å²) in [6.45, 7) is 0.00917. The standard InChI is InChI=1S/C8H6BrNO2/c9-6-1-5(3-11)2-7-8(6)10-4-12-7/h1-2,4,11H,3H2. The predicted octanol–water partition coefficient (Wildman–Crippen LogP) is 2.08. The van der Waals surface area contributed by atoms with Gasteiger partial charge < -0.3 is 9.52 Å². The Morgan fingerprint density at radius 1 is 1.50 bits per heavy atom. The maximum atomic E-state index is 8.88. The molecule has 0 aliphatic carbocycles. The normalized spacial score (nSPS) is 10.8. The van der Waals surface area contributed by atoms with Gasteiger partial charge in [-0.05, 0) is 33.6 Å². The molecule has 0 unspecified atom stereocenters. The maximum absolute atomic E-state index is 8.88. The van der Waals surface area contributed by atoms with E-state index in [0.29, 0.717) is 5.58 Å². The highest BCUT2D eigenvalue weighted by Crippen LogP contribution is 2.24. The topological polar surface area (TPSA) is 46.3 Å². The summed E-state index contributed by atoms with van der Waals surface area (Å²) in [5, 5.41) is 8.88. The van der Waals surface area contributed by atoms with E-state index in [1.54, 1.807) is 6.07 Å². The quantitative estimate of drug-likeness (QED) is 0.812. The van der Waals surface area contributed by atoms with Crippen molar-refractivity contribution >= 4 is 27.0 Å². The summed E-state index contributed by atoms with van der Waals surface area (Å²) in [5.74, 6) is 0. The van der Waals surface area contributed by atoms with Gasteiger partial charge in [0.15, 0.2) is 12.0 Å². The largest absolute Gasteiger partial charge is 0.443 e. The van der Waals surface area contributed by atoms with Gasteiger partial charge >= 0.3 is 0 Å². The number of hydrogen-bond donors (Lipinski definition) is 1. The Morgan fingerprint density at radius 2 is 2.33 bits per heavy atom. The molecule has 1 N–H and O–H groups in total. The molecule has 0 aliphatic heterocycles. The number of oxazole rings is 1. The number of rotatable bonds is 1. The number of benzene rings is 1. The van der Waals surface area contributed by atoms with E-state index in [9.17, 15) is 0 Å². The molecular weight excluding hydrogens is 222 g/mol. The predicted molar refractivity (Wildman–Crippen MR) is 47.6 cm³/mol. The Hall–Kier alpha value is -0.870. The van der Waals surface area contributed by atoms with Crippen molar-refractivity contribution in [2.45, 2.75) is 6.61 Å². The molecule has 1 heterocycles. The molecule has 3 nitrogen and oxygen atoms in total. The third-order valence-electron chi connectivity index (χ3n) is 1.63. The Morgan fingerprint density at radius 3 is 3.08 bits per heavy atom. The molecule has 2 rings (SSSR count). The highest BCUT2D eigenvalue weighted by atomic mass is 79.9. The summed E-state index contributed by atoms with van der Waals surface area (Å²) in [5.41, 5.74) is 2.28. The van der Waals surface area contributed by atoms with E-state index in [0.717, 1.165) is 15.6 Å². The zero-order valence-corrected chi connectivity index (χ0v) is 7.71. The van der Waals surface area contributed by atoms with Gasteiger partial charge in [0.25, 0.3) is 0 Å². The average molecular weight is 228 g/mol. The molecule has 0 amide bonds. The summed E-state index contributed by atoms with van der Waals surface area (Å²) >= 11 is 3.33. The average Bonchev–Trinajstić information content (AvgIpc) is 2.52. The fourth-order valence-corrected chi connectivity index (χ4v) is 1.66. The Bertz CT molecular complexity index is 410. The zero-order chi connectivity index (χ0) is 8.55. The van der Waals surface area contributed by atoms with Crippen LogP contribution >= 0.6 is 15.9 Å². The van der Waals surface area contributed by atoms with E-state index in [1.165, 1.54) is 6.39 Å². The van der Waals surface area contributed by atoms with Crippen molar-refractivity contribution in [3.63, 3.8) is 0 Å². The number of halogens is 1. The van der Waals surface area contributed by atoms with Crippen LogP contribution in [0, 0.1) is 0 Å². The molecule has 4 heteroatoms. The van der Waals surface area contributed by atoms with Crippen molar-refractivity contribution < 1.29 is 9.52 Å². The van der Waals surface area contributed by atoms with Crippen LogP contribution in [0.25, 0.3) is 11.1 Å². The molecule has 0 saturated carbocycles. The molecule has 0 radical (unpaired) electrons. The minimum Gasteiger partial charge on any atom is -0.443 e. The molecular formula is C8H6BrNO2. The van der Waals surface area contributed by atoms with Crippen molar-refractivity contribution in [3.8, 4) is 0 Å². The first-order chi connectivity index (χ1) is 5.81. The first kappa shape index (κ1) is 7.76. The molecule has 0 saturated heterocycles. The molecule has 1 aromatic carbocycles. The van der Waals surface area contributed by atoms with Crippen LogP contribution in [0.2, 0.25) is 0 Å². The van der Waals surface area contributed by atoms with E-state index < -0.39 is 0 Å². The van der Waals surface area contributed by atoms with Crippen LogP contribution in [-0.4, -0.2) is 10.1 Å². The molecule has 1 aromatic heterocycles. The minimum absolute atomic E-state index is 0.00917. The van der Waals surface area contributed by atoms with E-state index in [2.05, 4.69) is 20.9 Å². The number of aliphatic hydroxyl groups is 1. The fourth-order valence-electron chi connectivity index (χ4n) is 1.07. The summed E-state index contributed by atoms with van der Waals surface area (Å²) in [6, 6.07) is 3.60. The zero-order valence-electron chi connectivity index (χ0n) is 6.12. The number of nitrogens with zero attached hydrogens (tertiary/aromatic N) is 1. The molecule has 62 valence electrons. The van der Waals surface area contributed by atoms with Crippen LogP contribution in [-0.2, 0) is 6.61 Å². The summed E-state index contributed by atoms with van der Waals surface area (Å²) < 4.78 is 5.93. The molecule has 0 spiro atoms. The van der Waals surface area contributed by atoms with Crippen molar-refractivity contribution in [1.29, 1.82) is 0 Å². The molecule has 0 atom stereocenters. The maximum Gasteiger partial charge on any atom is 0.182 e. The molecule has 2 aromatic rings. The fraction of sp³-hybridized carbons (Fsp3) is 0.125. The van der Waals surface area contributed by atoms with Crippen molar-refractivity contribution in [1.82, 2.24) is 4.98 Å². The number of aliphatic hydroxyl groups excluding tert-OH is 1. The second-order valence-corrected chi connectivity index (χ2v) is 3.29. The van der Waals surface area contributed by atoms with Crippen LogP contribution in [0.3, 0.4) is 0 Å². The first-order valence-corrected chi connectivity index (χ1v) is 4.23. The van der Waals surface area contributed by atoms with Gasteiger partial charge in [0.05, 0.1) is 6.61 Å². The molecule has 12 heavy (non-hydrogen) atoms. The minimum atomic E-state index is 0.00917. The molecule has 0 fully saturated rings. The second kappa shape index (κ2) is 2.88. The number of fused-ring (bicyclic) bond motifs is 1. The first-order valence-electron chi connectivity index (χ1n) is 3.44. The second-order valence-electron chi connectivity index (χ2n) is 2.43. The lowest BCUT2D eigenvalue weighted by Gasteiger charge is -1.96. The molecule has 0 bridgehead atoms. The van der Waals surface area contributed by atoms with E-state index >= 15 is 0 Å². The third-order valence-corrected chi connectivity index (χ3v) is 2.24. The molecule has 0 aliphatic rings. The van der Waals surface area contributed by atoms with Gasteiger partial charge in [-0.1, -0.05) is 0 Å². The van der Waals surface area contributed by atoms with Gasteiger partial charge in [-0.15, -0.1) is 0 Å². The van der Waals surface area contributed by atoms with Crippen molar-refractivity contribution in [3.05, 3.63) is 28.6 Å². The van der Waals surface area contributed by atoms with Gasteiger partial charge in [0.1, 0.15) is 5.52 Å². The lowest BCUT2D eigenvalue weighted by molar-refractivity contribution is 0.282. The van der Waals surface area contributed by atoms with Gasteiger partial charge in [0.2, 0.25) is 0 Å². The van der Waals surface area contributed by atoms with E-state index in [4.69, 9.17) is 9.52 Å². The Balaban J connectivity index is 2.75. The highest BCUT2D eigenvalue weighted by molar-refractivity contribution is 9.10. The summed E-state index contributed by atoms with van der Waals surface area (Å²) in [4.78, 5) is 4.00. The third kappa shape index (κ3) is 1.13. The monoisotopic (exact) mass is 227 g/mol. The highest BCUT2D eigenvalue weighted by Gasteiger charge is 2.04. The van der Waals surface area contributed by atoms with Gasteiger partial charge in [0, 0.05) is 4.47 Å². The van der Waals surface area contributed by atoms with Crippen molar-refractivity contribution in [2.24, 2.45) is 0 Å². The Labute approximate surface area is 77.2 Å². The summed E-state index contributed by atoms with van der Waals surface area (Å²) in [7, 11) is 0. The lowest BCUT2D eigenvalue weighted by atomic mass is 10.2. The Kier molecular flexibility index (Phi) is 1.86. The summed E-state index contributed by atoms with van der Waals surface area (Å²) in [6.07, 6.45) is 1.39. The van der Waals surface area contributed by atoms with Crippen LogP contribution in [0.1, 0.15) is 5.56 Å². The van der Waals surface area contributed by atoms with E-state index in [1.807, 2.05) is 6.07 Å². The van der Waals surface area contributed by atoms with Crippen LogP contribution in [0.5, 0.6) is 0 Å². The van der Waals surface area contributed by atoms with Gasteiger partial charge in [-0.3, -0.25) is 0 Å². The van der Waals surface area contributed by atoms with Crippen LogP contribution < -0.4 is 0 Å². The van der Waals surface area contributed by atoms with Crippen LogP contribution in [0.15, 0.2) is 27.4 Å². The lowest BCUT2D eigenvalue weighted by Crippen LogP contribution is -1.82. The van der Waals surface area contributed by atoms with E-state index in [-0.39, 0.29) is 6.61 Å². The number of hydrogen-bond acceptors (Lipinski definition) is 3. The smallest absolute Gasteiger partial charge is 0.182 e. The van der Waals surface area contributed by atoms with Gasteiger partial charge in [-0.2, -0.15) is 0 Å². The SMILES string of the molecule is OCc1cc(Br)c2ncoc2c1. The van der Waals surface area contributed by atoms with Crippen LogP contribution in [0.4, 0.5) is 0 Å².